The number of ketones is 1. The normalized spacial score (nSPS) is 33.4. The molecule has 0 saturated carbocycles. The zero-order valence-electron chi connectivity index (χ0n) is 18.9. The lowest BCUT2D eigenvalue weighted by molar-refractivity contribution is -0.171. The predicted molar refractivity (Wildman–Crippen MR) is 117 cm³/mol. The largest absolute Gasteiger partial charge is 0.468 e. The van der Waals surface area contributed by atoms with E-state index in [1.807, 2.05) is 23.1 Å². The summed E-state index contributed by atoms with van der Waals surface area (Å²) in [6.45, 7) is 6.36. The molecule has 1 aromatic rings. The SMILES string of the molecule is COC(=O)[C@]1(CC(=O)N2C[C@H](C)C[C@@H](C)C2)C(=O)C[C@H]2CC[C@H]1N2Cc1ccccc1. The molecule has 6 nitrogen and oxygen atoms in total. The van der Waals surface area contributed by atoms with Crippen molar-refractivity contribution in [1.29, 1.82) is 0 Å². The van der Waals surface area contributed by atoms with Gasteiger partial charge in [-0.3, -0.25) is 19.3 Å². The number of esters is 1. The molecule has 4 rings (SSSR count). The van der Waals surface area contributed by atoms with Crippen LogP contribution in [0.1, 0.15) is 51.5 Å². The van der Waals surface area contributed by atoms with Crippen LogP contribution in [0.3, 0.4) is 0 Å². The number of fused-ring (bicyclic) bond motifs is 2. The van der Waals surface area contributed by atoms with Gasteiger partial charge in [-0.15, -0.1) is 0 Å². The van der Waals surface area contributed by atoms with Crippen molar-refractivity contribution in [2.24, 2.45) is 17.3 Å². The van der Waals surface area contributed by atoms with Gasteiger partial charge < -0.3 is 9.64 Å². The molecule has 0 aliphatic carbocycles. The van der Waals surface area contributed by atoms with Gasteiger partial charge in [-0.25, -0.2) is 0 Å². The van der Waals surface area contributed by atoms with Crippen LogP contribution in [0.2, 0.25) is 0 Å². The van der Waals surface area contributed by atoms with Crippen molar-refractivity contribution >= 4 is 17.7 Å². The number of benzene rings is 1. The molecule has 3 fully saturated rings. The number of amides is 1. The van der Waals surface area contributed by atoms with Crippen LogP contribution in [0.4, 0.5) is 0 Å². The van der Waals surface area contributed by atoms with Crippen LogP contribution in [0.25, 0.3) is 0 Å². The minimum atomic E-state index is -1.41. The zero-order chi connectivity index (χ0) is 22.2. The fraction of sp³-hybridized carbons (Fsp3) is 0.640. The zero-order valence-corrected chi connectivity index (χ0v) is 18.9. The fourth-order valence-corrected chi connectivity index (χ4v) is 6.24. The van der Waals surface area contributed by atoms with Crippen molar-refractivity contribution in [3.63, 3.8) is 0 Å². The number of carbonyl (C=O) groups is 3. The second-order valence-corrected chi connectivity index (χ2v) is 9.92. The molecular weight excluding hydrogens is 392 g/mol. The highest BCUT2D eigenvalue weighted by Gasteiger charge is 2.62. The highest BCUT2D eigenvalue weighted by Crippen LogP contribution is 2.48. The van der Waals surface area contributed by atoms with Crippen molar-refractivity contribution in [1.82, 2.24) is 9.80 Å². The third kappa shape index (κ3) is 4.02. The second-order valence-electron chi connectivity index (χ2n) is 9.92. The Labute approximate surface area is 184 Å². The van der Waals surface area contributed by atoms with Crippen molar-refractivity contribution in [2.75, 3.05) is 20.2 Å². The van der Waals surface area contributed by atoms with Crippen LogP contribution >= 0.6 is 0 Å². The third-order valence-electron chi connectivity index (χ3n) is 7.54. The maximum absolute atomic E-state index is 13.4. The van der Waals surface area contributed by atoms with E-state index in [4.69, 9.17) is 4.74 Å². The van der Waals surface area contributed by atoms with Crippen LogP contribution in [0, 0.1) is 17.3 Å². The summed E-state index contributed by atoms with van der Waals surface area (Å²) in [5.74, 6) is 0.0840. The highest BCUT2D eigenvalue weighted by atomic mass is 16.5. The van der Waals surface area contributed by atoms with Crippen molar-refractivity contribution in [2.45, 2.75) is 64.6 Å². The molecule has 0 aromatic heterocycles. The number of Topliss-reactive ketones (excluding diaryl/α,β-unsaturated/α-hetero) is 1. The fourth-order valence-electron chi connectivity index (χ4n) is 6.24. The van der Waals surface area contributed by atoms with E-state index in [1.54, 1.807) is 0 Å². The number of hydrogen-bond donors (Lipinski definition) is 0. The Morgan fingerprint density at radius 2 is 1.77 bits per heavy atom. The number of ether oxygens (including phenoxy) is 1. The molecular formula is C25H34N2O4. The van der Waals surface area contributed by atoms with Gasteiger partial charge in [0.2, 0.25) is 5.91 Å². The molecule has 31 heavy (non-hydrogen) atoms. The summed E-state index contributed by atoms with van der Waals surface area (Å²) in [5, 5.41) is 0. The summed E-state index contributed by atoms with van der Waals surface area (Å²) in [5.41, 5.74) is -0.255. The molecule has 0 unspecified atom stereocenters. The van der Waals surface area contributed by atoms with Crippen molar-refractivity contribution in [3.05, 3.63) is 35.9 Å². The van der Waals surface area contributed by atoms with Crippen molar-refractivity contribution in [3.8, 4) is 0 Å². The molecule has 0 N–H and O–H groups in total. The lowest BCUT2D eigenvalue weighted by Gasteiger charge is -2.46. The Hall–Kier alpha value is -2.21. The molecule has 168 valence electrons. The summed E-state index contributed by atoms with van der Waals surface area (Å²) in [6.07, 6.45) is 2.92. The van der Waals surface area contributed by atoms with Crippen LogP contribution < -0.4 is 0 Å². The first-order valence-electron chi connectivity index (χ1n) is 11.5. The molecule has 3 saturated heterocycles. The summed E-state index contributed by atoms with van der Waals surface area (Å²) < 4.78 is 5.19. The van der Waals surface area contributed by atoms with E-state index in [1.165, 1.54) is 7.11 Å². The van der Waals surface area contributed by atoms with Gasteiger partial charge in [-0.2, -0.15) is 0 Å². The van der Waals surface area contributed by atoms with Gasteiger partial charge in [0.15, 0.2) is 11.2 Å². The van der Waals surface area contributed by atoms with E-state index in [0.717, 1.165) is 24.8 Å². The Morgan fingerprint density at radius 1 is 1.10 bits per heavy atom. The molecule has 2 bridgehead atoms. The first-order valence-corrected chi connectivity index (χ1v) is 11.5. The van der Waals surface area contributed by atoms with Gasteiger partial charge in [-0.1, -0.05) is 44.2 Å². The molecule has 3 aliphatic heterocycles. The molecule has 1 amide bonds. The molecule has 0 spiro atoms. The average molecular weight is 427 g/mol. The third-order valence-corrected chi connectivity index (χ3v) is 7.54. The minimum absolute atomic E-state index is 0.0827. The molecule has 5 atom stereocenters. The maximum atomic E-state index is 13.4. The quantitative estimate of drug-likeness (QED) is 0.535. The lowest BCUT2D eigenvalue weighted by atomic mass is 9.69. The number of hydrogen-bond acceptors (Lipinski definition) is 5. The first-order chi connectivity index (χ1) is 14.8. The monoisotopic (exact) mass is 426 g/mol. The summed E-state index contributed by atoms with van der Waals surface area (Å²) in [6, 6.07) is 9.95. The molecule has 1 aromatic carbocycles. The van der Waals surface area contributed by atoms with Gasteiger partial charge in [0.1, 0.15) is 0 Å². The lowest BCUT2D eigenvalue weighted by Crippen LogP contribution is -2.61. The number of likely N-dealkylation sites (tertiary alicyclic amines) is 1. The molecule has 3 aliphatic rings. The number of rotatable bonds is 5. The van der Waals surface area contributed by atoms with E-state index in [0.29, 0.717) is 37.9 Å². The smallest absolute Gasteiger partial charge is 0.321 e. The number of piperidine rings is 2. The Kier molecular flexibility index (Phi) is 6.20. The maximum Gasteiger partial charge on any atom is 0.321 e. The van der Waals surface area contributed by atoms with Gasteiger partial charge in [-0.05, 0) is 36.7 Å². The number of nitrogens with zero attached hydrogens (tertiary/aromatic N) is 2. The predicted octanol–water partition coefficient (Wildman–Crippen LogP) is 3.05. The van der Waals surface area contributed by atoms with E-state index in [2.05, 4.69) is 30.9 Å². The molecule has 3 heterocycles. The summed E-state index contributed by atoms with van der Waals surface area (Å²) in [4.78, 5) is 44.2. The Balaban J connectivity index is 1.63. The summed E-state index contributed by atoms with van der Waals surface area (Å²) >= 11 is 0. The molecule has 6 heteroatoms. The topological polar surface area (TPSA) is 66.9 Å². The number of carbonyl (C=O) groups excluding carboxylic acids is 3. The Bertz CT molecular complexity index is 831. The van der Waals surface area contributed by atoms with Gasteiger partial charge in [0.25, 0.3) is 0 Å². The minimum Gasteiger partial charge on any atom is -0.468 e. The first kappa shape index (κ1) is 22.0. The van der Waals surface area contributed by atoms with E-state index >= 15 is 0 Å². The highest BCUT2D eigenvalue weighted by molar-refractivity contribution is 6.08. The second kappa shape index (κ2) is 8.73. The average Bonchev–Trinajstić information content (AvgIpc) is 3.06. The Morgan fingerprint density at radius 3 is 2.42 bits per heavy atom. The van der Waals surface area contributed by atoms with Gasteiger partial charge >= 0.3 is 5.97 Å². The standard InChI is InChI=1S/C25H34N2O4/c1-17-11-18(2)15-26(14-17)23(29)13-25(24(30)31-3)21-10-9-20(12-22(25)28)27(21)16-19-7-5-4-6-8-19/h4-8,17-18,20-21H,9-16H2,1-3H3/t17-,18-,20-,21-,25+/m1/s1. The van der Waals surface area contributed by atoms with Crippen LogP contribution in [-0.4, -0.2) is 59.7 Å². The van der Waals surface area contributed by atoms with Crippen LogP contribution in [-0.2, 0) is 25.7 Å². The van der Waals surface area contributed by atoms with Crippen molar-refractivity contribution < 1.29 is 19.1 Å². The molecule has 0 radical (unpaired) electrons. The van der Waals surface area contributed by atoms with Crippen LogP contribution in [0.15, 0.2) is 30.3 Å². The van der Waals surface area contributed by atoms with E-state index in [9.17, 15) is 14.4 Å². The number of methoxy groups -OCH3 is 1. The van der Waals surface area contributed by atoms with E-state index < -0.39 is 11.4 Å². The summed E-state index contributed by atoms with van der Waals surface area (Å²) in [7, 11) is 1.33. The van der Waals surface area contributed by atoms with Gasteiger partial charge in [0, 0.05) is 38.1 Å². The van der Waals surface area contributed by atoms with E-state index in [-0.39, 0.29) is 30.2 Å². The van der Waals surface area contributed by atoms with Crippen LogP contribution in [0.5, 0.6) is 0 Å². The van der Waals surface area contributed by atoms with Gasteiger partial charge in [0.05, 0.1) is 13.5 Å².